The molecule has 1 amide bonds. The third-order valence-corrected chi connectivity index (χ3v) is 2.90. The van der Waals surface area contributed by atoms with Crippen LogP contribution in [-0.2, 0) is 7.05 Å². The van der Waals surface area contributed by atoms with Gasteiger partial charge in [-0.25, -0.2) is 4.79 Å². The largest absolute Gasteiger partial charge is 0.478 e. The van der Waals surface area contributed by atoms with Crippen molar-refractivity contribution in [2.24, 2.45) is 7.05 Å². The number of aromatic nitrogens is 1. The smallest absolute Gasteiger partial charge is 0.336 e. The average Bonchev–Trinajstić information content (AvgIpc) is 2.77. The number of carboxylic acids is 1. The van der Waals surface area contributed by atoms with E-state index in [1.165, 1.54) is 6.07 Å². The number of hydrogen-bond acceptors (Lipinski definition) is 2. The lowest BCUT2D eigenvalue weighted by Crippen LogP contribution is -2.15. The van der Waals surface area contributed by atoms with Crippen molar-refractivity contribution in [1.29, 1.82) is 0 Å². The molecule has 2 N–H and O–H groups in total. The molecule has 2 rings (SSSR count). The van der Waals surface area contributed by atoms with Gasteiger partial charge in [-0.05, 0) is 36.8 Å². The van der Waals surface area contributed by atoms with Crippen molar-refractivity contribution in [3.8, 4) is 0 Å². The number of rotatable bonds is 3. The first kappa shape index (κ1) is 12.9. The number of nitrogens with zero attached hydrogens (tertiary/aromatic N) is 1. The lowest BCUT2D eigenvalue weighted by atomic mass is 10.1. The molecule has 1 heterocycles. The Morgan fingerprint density at radius 1 is 1.26 bits per heavy atom. The summed E-state index contributed by atoms with van der Waals surface area (Å²) in [5.74, 6) is -1.28. The third-order valence-electron chi connectivity index (χ3n) is 2.90. The Bertz CT molecular complexity index is 644. The normalized spacial score (nSPS) is 10.2. The summed E-state index contributed by atoms with van der Waals surface area (Å²) in [6.07, 6.45) is 1.77. The third kappa shape index (κ3) is 2.65. The molecule has 0 fully saturated rings. The molecule has 5 nitrogen and oxygen atoms in total. The van der Waals surface area contributed by atoms with Crippen LogP contribution >= 0.6 is 0 Å². The van der Waals surface area contributed by atoms with E-state index in [0.29, 0.717) is 16.9 Å². The number of aromatic carboxylic acids is 1. The second-order valence-electron chi connectivity index (χ2n) is 4.29. The highest BCUT2D eigenvalue weighted by Crippen LogP contribution is 2.16. The molecule has 19 heavy (non-hydrogen) atoms. The maximum atomic E-state index is 12.0. The summed E-state index contributed by atoms with van der Waals surface area (Å²) in [6.45, 7) is 1.71. The van der Waals surface area contributed by atoms with Crippen LogP contribution in [0.2, 0.25) is 0 Å². The van der Waals surface area contributed by atoms with E-state index < -0.39 is 5.97 Å². The number of carbonyl (C=O) groups excluding carboxylic acids is 1. The second kappa shape index (κ2) is 4.97. The molecule has 0 spiro atoms. The second-order valence-corrected chi connectivity index (χ2v) is 4.29. The van der Waals surface area contributed by atoms with Crippen LogP contribution in [0, 0.1) is 6.92 Å². The molecule has 0 aliphatic carbocycles. The van der Waals surface area contributed by atoms with Crippen molar-refractivity contribution >= 4 is 17.6 Å². The zero-order valence-corrected chi connectivity index (χ0v) is 10.7. The van der Waals surface area contributed by atoms with Crippen LogP contribution in [-0.4, -0.2) is 21.6 Å². The molecule has 1 aromatic heterocycles. The summed E-state index contributed by atoms with van der Waals surface area (Å²) in [6, 6.07) is 8.28. The van der Waals surface area contributed by atoms with E-state index in [4.69, 9.17) is 5.11 Å². The van der Waals surface area contributed by atoms with Gasteiger partial charge in [-0.15, -0.1) is 0 Å². The quantitative estimate of drug-likeness (QED) is 0.887. The monoisotopic (exact) mass is 258 g/mol. The Morgan fingerprint density at radius 3 is 2.58 bits per heavy atom. The minimum Gasteiger partial charge on any atom is -0.478 e. The van der Waals surface area contributed by atoms with E-state index >= 15 is 0 Å². The van der Waals surface area contributed by atoms with Gasteiger partial charge in [0.15, 0.2) is 0 Å². The van der Waals surface area contributed by atoms with E-state index in [1.807, 2.05) is 0 Å². The summed E-state index contributed by atoms with van der Waals surface area (Å²) in [5.41, 5.74) is 1.82. The van der Waals surface area contributed by atoms with Gasteiger partial charge >= 0.3 is 5.97 Å². The number of benzene rings is 1. The standard InChI is InChI=1S/C14H14N2O3/c1-9-5-6-10(8-11(9)14(18)19)15-13(17)12-4-3-7-16(12)2/h3-8H,1-2H3,(H,15,17)(H,18,19). The summed E-state index contributed by atoms with van der Waals surface area (Å²) >= 11 is 0. The Morgan fingerprint density at radius 2 is 2.00 bits per heavy atom. The van der Waals surface area contributed by atoms with Gasteiger partial charge in [0.2, 0.25) is 0 Å². The molecule has 0 bridgehead atoms. The predicted octanol–water partition coefficient (Wildman–Crippen LogP) is 2.28. The Hall–Kier alpha value is -2.56. The van der Waals surface area contributed by atoms with Crippen LogP contribution in [0.25, 0.3) is 0 Å². The van der Waals surface area contributed by atoms with E-state index in [1.54, 1.807) is 49.0 Å². The number of carbonyl (C=O) groups is 2. The summed E-state index contributed by atoms with van der Waals surface area (Å²) in [7, 11) is 1.77. The molecule has 0 aliphatic heterocycles. The number of amides is 1. The lowest BCUT2D eigenvalue weighted by Gasteiger charge is -2.08. The van der Waals surface area contributed by atoms with Gasteiger partial charge < -0.3 is 15.0 Å². The summed E-state index contributed by atoms with van der Waals surface area (Å²) in [4.78, 5) is 23.0. The molecule has 98 valence electrons. The SMILES string of the molecule is Cc1ccc(NC(=O)c2cccn2C)cc1C(=O)O. The minimum absolute atomic E-state index is 0.185. The summed E-state index contributed by atoms with van der Waals surface area (Å²) in [5, 5.41) is 11.7. The number of anilines is 1. The van der Waals surface area contributed by atoms with Crippen molar-refractivity contribution < 1.29 is 14.7 Å². The highest BCUT2D eigenvalue weighted by molar-refractivity contribution is 6.03. The van der Waals surface area contributed by atoms with E-state index in [9.17, 15) is 9.59 Å². The highest BCUT2D eigenvalue weighted by atomic mass is 16.4. The molecule has 0 saturated heterocycles. The van der Waals surface area contributed by atoms with Gasteiger partial charge in [0.05, 0.1) is 5.56 Å². The fraction of sp³-hybridized carbons (Fsp3) is 0.143. The molecular formula is C14H14N2O3. The van der Waals surface area contributed by atoms with Crippen molar-refractivity contribution in [3.05, 3.63) is 53.3 Å². The van der Waals surface area contributed by atoms with Crippen molar-refractivity contribution in [2.75, 3.05) is 5.32 Å². The van der Waals surface area contributed by atoms with Crippen molar-refractivity contribution in [3.63, 3.8) is 0 Å². The zero-order chi connectivity index (χ0) is 14.0. The van der Waals surface area contributed by atoms with Gasteiger partial charge in [0, 0.05) is 18.9 Å². The van der Waals surface area contributed by atoms with Gasteiger partial charge in [-0.2, -0.15) is 0 Å². The Kier molecular flexibility index (Phi) is 3.37. The van der Waals surface area contributed by atoms with Crippen LogP contribution in [0.4, 0.5) is 5.69 Å². The van der Waals surface area contributed by atoms with Crippen molar-refractivity contribution in [1.82, 2.24) is 4.57 Å². The van der Waals surface area contributed by atoms with E-state index in [0.717, 1.165) is 0 Å². The van der Waals surface area contributed by atoms with Gasteiger partial charge in [0.1, 0.15) is 5.69 Å². The molecular weight excluding hydrogens is 244 g/mol. The van der Waals surface area contributed by atoms with Crippen LogP contribution in [0.1, 0.15) is 26.4 Å². The zero-order valence-electron chi connectivity index (χ0n) is 10.7. The average molecular weight is 258 g/mol. The topological polar surface area (TPSA) is 71.3 Å². The number of carboxylic acid groups (broad SMARTS) is 1. The number of nitrogens with one attached hydrogen (secondary N) is 1. The first-order valence-corrected chi connectivity index (χ1v) is 5.75. The van der Waals surface area contributed by atoms with Crippen LogP contribution in [0.15, 0.2) is 36.5 Å². The lowest BCUT2D eigenvalue weighted by molar-refractivity contribution is 0.0695. The Balaban J connectivity index is 2.25. The minimum atomic E-state index is -1.01. The van der Waals surface area contributed by atoms with E-state index in [-0.39, 0.29) is 11.5 Å². The molecule has 1 aromatic carbocycles. The maximum Gasteiger partial charge on any atom is 0.336 e. The summed E-state index contributed by atoms with van der Waals surface area (Å²) < 4.78 is 1.70. The maximum absolute atomic E-state index is 12.0. The fourth-order valence-corrected chi connectivity index (χ4v) is 1.82. The first-order chi connectivity index (χ1) is 8.99. The molecule has 0 aliphatic rings. The first-order valence-electron chi connectivity index (χ1n) is 5.75. The Labute approximate surface area is 110 Å². The molecule has 0 unspecified atom stereocenters. The number of aryl methyl sites for hydroxylation is 2. The highest BCUT2D eigenvalue weighted by Gasteiger charge is 2.12. The molecule has 0 saturated carbocycles. The molecule has 0 atom stereocenters. The molecule has 5 heteroatoms. The molecule has 0 radical (unpaired) electrons. The fourth-order valence-electron chi connectivity index (χ4n) is 1.82. The van der Waals surface area contributed by atoms with Crippen molar-refractivity contribution in [2.45, 2.75) is 6.92 Å². The van der Waals surface area contributed by atoms with Gasteiger partial charge in [0.25, 0.3) is 5.91 Å². The number of hydrogen-bond donors (Lipinski definition) is 2. The van der Waals surface area contributed by atoms with E-state index in [2.05, 4.69) is 5.32 Å². The molecule has 2 aromatic rings. The van der Waals surface area contributed by atoms with Gasteiger partial charge in [-0.3, -0.25) is 4.79 Å². The van der Waals surface area contributed by atoms with Crippen LogP contribution < -0.4 is 5.32 Å². The predicted molar refractivity (Wildman–Crippen MR) is 71.5 cm³/mol. The van der Waals surface area contributed by atoms with Crippen LogP contribution in [0.5, 0.6) is 0 Å². The van der Waals surface area contributed by atoms with Gasteiger partial charge in [-0.1, -0.05) is 6.07 Å². The van der Waals surface area contributed by atoms with Crippen LogP contribution in [0.3, 0.4) is 0 Å².